The molecule has 5 nitrogen and oxygen atoms in total. The molecule has 1 heterocycles. The van der Waals surface area contributed by atoms with Crippen LogP contribution in [0.3, 0.4) is 0 Å². The molecule has 1 aromatic rings. The maximum atomic E-state index is 12.0. The molecule has 0 aliphatic carbocycles. The molecule has 0 radical (unpaired) electrons. The molecule has 1 aromatic carbocycles. The minimum Gasteiger partial charge on any atom is -0.390 e. The molecule has 1 aliphatic heterocycles. The van der Waals surface area contributed by atoms with E-state index in [1.165, 1.54) is 6.07 Å². The van der Waals surface area contributed by atoms with Gasteiger partial charge in [-0.1, -0.05) is 23.2 Å². The van der Waals surface area contributed by atoms with Gasteiger partial charge in [0.25, 0.3) is 5.91 Å². The molecular formula is C13H15Cl2NO4. The van der Waals surface area contributed by atoms with Gasteiger partial charge in [0.2, 0.25) is 0 Å². The first-order valence-corrected chi connectivity index (χ1v) is 6.91. The Morgan fingerprint density at radius 2 is 2.10 bits per heavy atom. The Morgan fingerprint density at radius 3 is 2.85 bits per heavy atom. The van der Waals surface area contributed by atoms with Crippen molar-refractivity contribution in [3.63, 3.8) is 0 Å². The Labute approximate surface area is 126 Å². The van der Waals surface area contributed by atoms with Crippen molar-refractivity contribution >= 4 is 29.1 Å². The van der Waals surface area contributed by atoms with Crippen molar-refractivity contribution in [3.8, 4) is 0 Å². The lowest BCUT2D eigenvalue weighted by Crippen LogP contribution is -2.48. The molecule has 1 fully saturated rings. The highest BCUT2D eigenvalue weighted by atomic mass is 35.5. The molecule has 0 saturated carbocycles. The second kappa shape index (κ2) is 6.74. The van der Waals surface area contributed by atoms with E-state index in [-0.39, 0.29) is 37.1 Å². The van der Waals surface area contributed by atoms with Gasteiger partial charge >= 0.3 is 0 Å². The summed E-state index contributed by atoms with van der Waals surface area (Å²) in [6, 6.07) is 4.61. The number of amides is 1. The van der Waals surface area contributed by atoms with E-state index in [1.54, 1.807) is 12.1 Å². The number of benzene rings is 1. The fourth-order valence-electron chi connectivity index (χ4n) is 2.02. The molecule has 1 aliphatic rings. The van der Waals surface area contributed by atoms with Gasteiger partial charge in [-0.25, -0.2) is 0 Å². The number of hydrogen-bond donors (Lipinski definition) is 3. The predicted molar refractivity (Wildman–Crippen MR) is 75.1 cm³/mol. The van der Waals surface area contributed by atoms with Crippen LogP contribution in [0.2, 0.25) is 10.0 Å². The lowest BCUT2D eigenvalue weighted by atomic mass is 9.96. The van der Waals surface area contributed by atoms with E-state index in [1.807, 2.05) is 0 Å². The number of aliphatic hydroxyl groups is 2. The van der Waals surface area contributed by atoms with Crippen LogP contribution in [-0.2, 0) is 4.74 Å². The van der Waals surface area contributed by atoms with E-state index in [9.17, 15) is 15.0 Å². The molecule has 0 spiro atoms. The maximum absolute atomic E-state index is 12.0. The minimum atomic E-state index is -0.930. The van der Waals surface area contributed by atoms with E-state index in [0.717, 1.165) is 0 Å². The van der Waals surface area contributed by atoms with Crippen LogP contribution in [0.1, 0.15) is 10.4 Å². The zero-order valence-corrected chi connectivity index (χ0v) is 12.1. The molecule has 2 rings (SSSR count). The number of rotatable bonds is 3. The van der Waals surface area contributed by atoms with Crippen molar-refractivity contribution in [1.29, 1.82) is 0 Å². The second-order valence-electron chi connectivity index (χ2n) is 4.69. The number of halogens is 2. The first-order valence-electron chi connectivity index (χ1n) is 6.16. The number of carbonyl (C=O) groups is 1. The average Bonchev–Trinajstić information content (AvgIpc) is 2.43. The fourth-order valence-corrected chi connectivity index (χ4v) is 2.40. The van der Waals surface area contributed by atoms with Gasteiger partial charge in [-0.15, -0.1) is 0 Å². The summed E-state index contributed by atoms with van der Waals surface area (Å²) in [5.41, 5.74) is 0.269. The van der Waals surface area contributed by atoms with Crippen molar-refractivity contribution in [2.75, 3.05) is 19.8 Å². The molecule has 0 aromatic heterocycles. The van der Waals surface area contributed by atoms with E-state index in [2.05, 4.69) is 5.32 Å². The summed E-state index contributed by atoms with van der Waals surface area (Å²) in [7, 11) is 0. The Kier molecular flexibility index (Phi) is 5.23. The van der Waals surface area contributed by atoms with E-state index >= 15 is 0 Å². The molecule has 0 unspecified atom stereocenters. The SMILES string of the molecule is O=C(NC[C@@H]1COC[C@@H](O)[C@H]1O)c1cc(Cl)ccc1Cl. The number of hydrogen-bond acceptors (Lipinski definition) is 4. The molecule has 7 heteroatoms. The quantitative estimate of drug-likeness (QED) is 0.779. The molecule has 0 bridgehead atoms. The monoisotopic (exact) mass is 319 g/mol. The minimum absolute atomic E-state index is 0.103. The topological polar surface area (TPSA) is 78.8 Å². The largest absolute Gasteiger partial charge is 0.390 e. The Balaban J connectivity index is 1.96. The Bertz CT molecular complexity index is 497. The van der Waals surface area contributed by atoms with Gasteiger partial charge in [0, 0.05) is 17.5 Å². The summed E-state index contributed by atoms with van der Waals surface area (Å²) < 4.78 is 5.14. The van der Waals surface area contributed by atoms with E-state index in [4.69, 9.17) is 27.9 Å². The smallest absolute Gasteiger partial charge is 0.252 e. The molecule has 3 N–H and O–H groups in total. The van der Waals surface area contributed by atoms with Crippen LogP contribution in [0.4, 0.5) is 0 Å². The van der Waals surface area contributed by atoms with Gasteiger partial charge in [0.05, 0.1) is 29.9 Å². The molecule has 1 saturated heterocycles. The lowest BCUT2D eigenvalue weighted by molar-refractivity contribution is -0.118. The van der Waals surface area contributed by atoms with Gasteiger partial charge in [0.1, 0.15) is 6.10 Å². The highest BCUT2D eigenvalue weighted by Gasteiger charge is 2.31. The summed E-state index contributed by atoms with van der Waals surface area (Å²) in [5, 5.41) is 22.6. The third-order valence-electron chi connectivity index (χ3n) is 3.20. The standard InChI is InChI=1S/C13H15Cl2NO4/c14-8-1-2-10(15)9(3-8)13(19)16-4-7-5-20-6-11(17)12(7)18/h1-3,7,11-12,17-18H,4-6H2,(H,16,19)/t7-,11-,12+/m1/s1. The normalized spacial score (nSPS) is 26.3. The van der Waals surface area contributed by atoms with Crippen LogP contribution in [0.25, 0.3) is 0 Å². The Morgan fingerprint density at radius 1 is 1.35 bits per heavy atom. The predicted octanol–water partition coefficient (Wildman–Crippen LogP) is 1.09. The van der Waals surface area contributed by atoms with Crippen molar-refractivity contribution in [2.24, 2.45) is 5.92 Å². The van der Waals surface area contributed by atoms with Gasteiger partial charge in [-0.2, -0.15) is 0 Å². The van der Waals surface area contributed by atoms with Crippen molar-refractivity contribution in [2.45, 2.75) is 12.2 Å². The summed E-state index contributed by atoms with van der Waals surface area (Å²) in [4.78, 5) is 12.0. The third-order valence-corrected chi connectivity index (χ3v) is 3.76. The first kappa shape index (κ1) is 15.5. The van der Waals surface area contributed by atoms with Crippen LogP contribution in [-0.4, -0.2) is 48.1 Å². The zero-order chi connectivity index (χ0) is 14.7. The number of aliphatic hydroxyl groups excluding tert-OH is 2. The van der Waals surface area contributed by atoms with Crippen LogP contribution in [0.15, 0.2) is 18.2 Å². The molecule has 20 heavy (non-hydrogen) atoms. The van der Waals surface area contributed by atoms with Crippen LogP contribution in [0.5, 0.6) is 0 Å². The van der Waals surface area contributed by atoms with Crippen molar-refractivity contribution in [1.82, 2.24) is 5.32 Å². The highest BCUT2D eigenvalue weighted by molar-refractivity contribution is 6.35. The molecule has 110 valence electrons. The van der Waals surface area contributed by atoms with Crippen LogP contribution >= 0.6 is 23.2 Å². The fraction of sp³-hybridized carbons (Fsp3) is 0.462. The lowest BCUT2D eigenvalue weighted by Gasteiger charge is -2.31. The first-order chi connectivity index (χ1) is 9.49. The van der Waals surface area contributed by atoms with Crippen LogP contribution in [0, 0.1) is 5.92 Å². The number of nitrogens with one attached hydrogen (secondary N) is 1. The van der Waals surface area contributed by atoms with Crippen LogP contribution < -0.4 is 5.32 Å². The van der Waals surface area contributed by atoms with E-state index < -0.39 is 12.2 Å². The van der Waals surface area contributed by atoms with Gasteiger partial charge in [-0.05, 0) is 18.2 Å². The molecule has 1 amide bonds. The third kappa shape index (κ3) is 3.62. The molecular weight excluding hydrogens is 305 g/mol. The average molecular weight is 320 g/mol. The number of carbonyl (C=O) groups excluding carboxylic acids is 1. The maximum Gasteiger partial charge on any atom is 0.252 e. The highest BCUT2D eigenvalue weighted by Crippen LogP contribution is 2.21. The summed E-state index contributed by atoms with van der Waals surface area (Å²) in [6.45, 7) is 0.563. The summed E-state index contributed by atoms with van der Waals surface area (Å²) in [5.74, 6) is -0.745. The zero-order valence-electron chi connectivity index (χ0n) is 10.6. The van der Waals surface area contributed by atoms with Crippen molar-refractivity contribution < 1.29 is 19.7 Å². The van der Waals surface area contributed by atoms with Gasteiger partial charge in [-0.3, -0.25) is 4.79 Å². The molecule has 3 atom stereocenters. The van der Waals surface area contributed by atoms with Gasteiger partial charge < -0.3 is 20.3 Å². The van der Waals surface area contributed by atoms with Gasteiger partial charge in [0.15, 0.2) is 0 Å². The second-order valence-corrected chi connectivity index (χ2v) is 5.53. The number of ether oxygens (including phenoxy) is 1. The summed E-state index contributed by atoms with van der Waals surface area (Å²) in [6.07, 6.45) is -1.85. The van der Waals surface area contributed by atoms with Crippen molar-refractivity contribution in [3.05, 3.63) is 33.8 Å². The Hall–Kier alpha value is -0.850. The summed E-state index contributed by atoms with van der Waals surface area (Å²) >= 11 is 11.8. The van der Waals surface area contributed by atoms with E-state index in [0.29, 0.717) is 10.0 Å².